The van der Waals surface area contributed by atoms with Crippen molar-refractivity contribution in [2.75, 3.05) is 30.8 Å². The molecule has 3 aromatic rings. The Hall–Kier alpha value is -5.08. The minimum absolute atomic E-state index is 0.0288. The topological polar surface area (TPSA) is 194 Å². The zero-order chi connectivity index (χ0) is 35.7. The fraction of sp³-hybridized carbons (Fsp3) is 0.556. The quantitative estimate of drug-likeness (QED) is 0.261. The summed E-state index contributed by atoms with van der Waals surface area (Å²) in [5.74, 6) is 0.494. The molecule has 2 amide bonds. The highest BCUT2D eigenvalue weighted by Crippen LogP contribution is 2.75. The number of nitrogens with zero attached hydrogens (tertiary/aromatic N) is 8. The van der Waals surface area contributed by atoms with Crippen LogP contribution in [0.15, 0.2) is 39.7 Å². The van der Waals surface area contributed by atoms with Crippen LogP contribution in [-0.4, -0.2) is 79.2 Å². The molecule has 2 atom stereocenters. The molecule has 15 nitrogen and oxygen atoms in total. The van der Waals surface area contributed by atoms with Gasteiger partial charge in [0.15, 0.2) is 17.1 Å². The van der Waals surface area contributed by atoms with Gasteiger partial charge in [-0.2, -0.15) is 5.11 Å². The van der Waals surface area contributed by atoms with E-state index in [-0.39, 0.29) is 64.4 Å². The van der Waals surface area contributed by atoms with E-state index in [2.05, 4.69) is 35.4 Å². The highest BCUT2D eigenvalue weighted by Gasteiger charge is 2.72. The van der Waals surface area contributed by atoms with Gasteiger partial charge < -0.3 is 35.3 Å². The number of piperazine rings is 1. The lowest BCUT2D eigenvalue weighted by Gasteiger charge is -2.71. The standard InChI is InChI=1S/C36H44N10O5/c1-4-23-30(44-12-13-45(25-7-5-6-24(25)44)34(50)29-31(48)20(2)39-19-40-29)32(49)28(43-42-22-10-11-38-27(14-22)51-3)33(37)46(23)15-26(47)41-36-16-35(17-36,18-36)21-8-9-21/h10-11,14,19,21,24-25,48H,4-9,12-13,15-18,37H2,1-3H3,(H,41,47)/t24-,25-,35?,36?/m0/s1. The zero-order valence-corrected chi connectivity index (χ0v) is 29.3. The number of hydrogen-bond acceptors (Lipinski definition) is 12. The normalized spacial score (nSPS) is 26.4. The van der Waals surface area contributed by atoms with E-state index >= 15 is 0 Å². The molecule has 0 unspecified atom stereocenters. The molecule has 4 N–H and O–H groups in total. The second-order valence-electron chi connectivity index (χ2n) is 15.0. The van der Waals surface area contributed by atoms with Crippen molar-refractivity contribution in [3.8, 4) is 11.6 Å². The summed E-state index contributed by atoms with van der Waals surface area (Å²) in [6, 6.07) is 2.83. The summed E-state index contributed by atoms with van der Waals surface area (Å²) < 4.78 is 6.95. The maximum Gasteiger partial charge on any atom is 0.276 e. The minimum atomic E-state index is -0.383. The molecule has 0 spiro atoms. The van der Waals surface area contributed by atoms with Crippen LogP contribution in [0.2, 0.25) is 0 Å². The molecular weight excluding hydrogens is 652 g/mol. The SMILES string of the molecule is CCc1c(N2CCN(C(=O)c3ncnc(C)c3O)[C@H]3CCC[C@@H]32)c(=O)c(N=Nc2ccnc(OC)c2)c(N)n1CC(=O)NC12CC(C3CC3)(C1)C2. The van der Waals surface area contributed by atoms with Gasteiger partial charge in [-0.1, -0.05) is 6.92 Å². The lowest BCUT2D eigenvalue weighted by molar-refractivity contribution is -0.176. The number of anilines is 2. The van der Waals surface area contributed by atoms with Gasteiger partial charge in [-0.25, -0.2) is 15.0 Å². The van der Waals surface area contributed by atoms with Crippen molar-refractivity contribution in [2.24, 2.45) is 21.6 Å². The van der Waals surface area contributed by atoms with Gasteiger partial charge in [-0.05, 0) is 82.1 Å². The van der Waals surface area contributed by atoms with E-state index in [1.807, 2.05) is 6.92 Å². The average molecular weight is 697 g/mol. The van der Waals surface area contributed by atoms with Gasteiger partial charge in [-0.15, -0.1) is 5.11 Å². The third kappa shape index (κ3) is 5.48. The molecule has 1 saturated heterocycles. The van der Waals surface area contributed by atoms with Crippen LogP contribution in [0.25, 0.3) is 0 Å². The van der Waals surface area contributed by atoms with Crippen LogP contribution in [0, 0.1) is 18.3 Å². The van der Waals surface area contributed by atoms with Gasteiger partial charge >= 0.3 is 0 Å². The second-order valence-corrected chi connectivity index (χ2v) is 15.0. The molecule has 5 aliphatic carbocycles. The van der Waals surface area contributed by atoms with Crippen LogP contribution in [0.4, 0.5) is 22.9 Å². The van der Waals surface area contributed by atoms with Crippen LogP contribution in [-0.2, 0) is 17.8 Å². The summed E-state index contributed by atoms with van der Waals surface area (Å²) in [7, 11) is 1.50. The molecule has 0 aromatic carbocycles. The van der Waals surface area contributed by atoms with Gasteiger partial charge in [0.05, 0.1) is 24.5 Å². The highest BCUT2D eigenvalue weighted by molar-refractivity contribution is 5.95. The van der Waals surface area contributed by atoms with E-state index in [0.717, 1.165) is 44.4 Å². The predicted molar refractivity (Wildman–Crippen MR) is 188 cm³/mol. The number of amides is 2. The summed E-state index contributed by atoms with van der Waals surface area (Å²) in [6.07, 6.45) is 11.3. The Morgan fingerprint density at radius 1 is 1.10 bits per heavy atom. The summed E-state index contributed by atoms with van der Waals surface area (Å²) in [5.41, 5.74) is 8.40. The largest absolute Gasteiger partial charge is 0.504 e. The fourth-order valence-corrected chi connectivity index (χ4v) is 9.46. The number of nitrogens with two attached hydrogens (primary N) is 1. The number of nitrogens with one attached hydrogen (secondary N) is 1. The number of ether oxygens (including phenoxy) is 1. The number of methoxy groups -OCH3 is 1. The van der Waals surface area contributed by atoms with Crippen LogP contribution >= 0.6 is 0 Å². The Morgan fingerprint density at radius 3 is 2.59 bits per heavy atom. The van der Waals surface area contributed by atoms with Gasteiger partial charge in [0.2, 0.25) is 17.2 Å². The summed E-state index contributed by atoms with van der Waals surface area (Å²) >= 11 is 0. The molecule has 6 aliphatic rings. The van der Waals surface area contributed by atoms with Crippen LogP contribution in [0.5, 0.6) is 11.6 Å². The smallest absolute Gasteiger partial charge is 0.276 e. The van der Waals surface area contributed by atoms with Gasteiger partial charge in [0.25, 0.3) is 5.91 Å². The molecule has 3 aromatic heterocycles. The van der Waals surface area contributed by atoms with Crippen molar-refractivity contribution < 1.29 is 19.4 Å². The van der Waals surface area contributed by atoms with E-state index in [4.69, 9.17) is 10.5 Å². The molecular formula is C36H44N10O5. The minimum Gasteiger partial charge on any atom is -0.504 e. The van der Waals surface area contributed by atoms with Gasteiger partial charge in [-0.3, -0.25) is 14.4 Å². The average Bonchev–Trinajstić information content (AvgIpc) is 3.82. The monoisotopic (exact) mass is 696 g/mol. The Morgan fingerprint density at radius 2 is 1.86 bits per heavy atom. The number of aromatic hydroxyl groups is 1. The van der Waals surface area contributed by atoms with Crippen molar-refractivity contribution >= 4 is 34.7 Å². The Balaban J connectivity index is 1.15. The van der Waals surface area contributed by atoms with Gasteiger partial charge in [0.1, 0.15) is 24.4 Å². The Kier molecular flexibility index (Phi) is 7.98. The number of carbonyl (C=O) groups excluding carboxylic acids is 2. The van der Waals surface area contributed by atoms with E-state index in [1.54, 1.807) is 28.5 Å². The first-order chi connectivity index (χ1) is 24.6. The molecule has 2 bridgehead atoms. The third-order valence-electron chi connectivity index (χ3n) is 11.9. The summed E-state index contributed by atoms with van der Waals surface area (Å²) in [5, 5.41) is 22.7. The van der Waals surface area contributed by atoms with Crippen molar-refractivity contribution in [1.82, 2.24) is 29.7 Å². The number of aryl methyl sites for hydroxylation is 1. The first-order valence-corrected chi connectivity index (χ1v) is 17.9. The number of fused-ring (bicyclic) bond motifs is 1. The first-order valence-electron chi connectivity index (χ1n) is 17.9. The van der Waals surface area contributed by atoms with Crippen LogP contribution in [0.1, 0.15) is 80.2 Å². The molecule has 5 saturated carbocycles. The summed E-state index contributed by atoms with van der Waals surface area (Å²) in [6.45, 7) is 4.16. The highest BCUT2D eigenvalue weighted by atomic mass is 16.5. The number of nitrogen functional groups attached to an aromatic ring is 1. The molecule has 6 fully saturated rings. The molecule has 268 valence electrons. The lowest BCUT2D eigenvalue weighted by atomic mass is 9.37. The molecule has 1 aliphatic heterocycles. The summed E-state index contributed by atoms with van der Waals surface area (Å²) in [4.78, 5) is 58.2. The molecule has 0 radical (unpaired) electrons. The van der Waals surface area contributed by atoms with Gasteiger partial charge in [0, 0.05) is 42.6 Å². The van der Waals surface area contributed by atoms with E-state index in [9.17, 15) is 19.5 Å². The maximum atomic E-state index is 14.6. The number of pyridine rings is 2. The van der Waals surface area contributed by atoms with Crippen molar-refractivity contribution in [2.45, 2.75) is 95.8 Å². The first kappa shape index (κ1) is 33.1. The lowest BCUT2D eigenvalue weighted by Crippen LogP contribution is -2.75. The molecule has 9 rings (SSSR count). The van der Waals surface area contributed by atoms with E-state index in [1.165, 1.54) is 32.5 Å². The Labute approximate surface area is 295 Å². The fourth-order valence-electron chi connectivity index (χ4n) is 9.46. The predicted octanol–water partition coefficient (Wildman–Crippen LogP) is 3.95. The van der Waals surface area contributed by atoms with E-state index < -0.39 is 0 Å². The zero-order valence-electron chi connectivity index (χ0n) is 29.3. The molecule has 51 heavy (non-hydrogen) atoms. The Bertz CT molecular complexity index is 1990. The molecule has 4 heterocycles. The third-order valence-corrected chi connectivity index (χ3v) is 11.9. The van der Waals surface area contributed by atoms with Crippen LogP contribution in [0.3, 0.4) is 0 Å². The van der Waals surface area contributed by atoms with Crippen molar-refractivity contribution in [1.29, 1.82) is 0 Å². The van der Waals surface area contributed by atoms with Crippen molar-refractivity contribution in [3.05, 3.63) is 52.0 Å². The number of rotatable bonds is 10. The molecule has 15 heteroatoms. The van der Waals surface area contributed by atoms with Crippen LogP contribution < -0.4 is 26.1 Å². The number of carbonyl (C=O) groups is 2. The number of azo groups is 1. The maximum absolute atomic E-state index is 14.6. The number of hydrogen-bond donors (Lipinski definition) is 3. The van der Waals surface area contributed by atoms with Crippen molar-refractivity contribution in [3.63, 3.8) is 0 Å². The number of aromatic nitrogens is 4. The second kappa shape index (κ2) is 12.3. The van der Waals surface area contributed by atoms with E-state index in [0.29, 0.717) is 53.6 Å².